The van der Waals surface area contributed by atoms with E-state index < -0.39 is 16.0 Å². The van der Waals surface area contributed by atoms with Gasteiger partial charge in [-0.2, -0.15) is 0 Å². The van der Waals surface area contributed by atoms with Gasteiger partial charge in [0.25, 0.3) is 0 Å². The van der Waals surface area contributed by atoms with Crippen LogP contribution in [0.2, 0.25) is 5.02 Å². The molecule has 3 rings (SSSR count). The molecule has 0 spiro atoms. The van der Waals surface area contributed by atoms with Crippen LogP contribution in [0.1, 0.15) is 16.8 Å². The van der Waals surface area contributed by atoms with E-state index in [2.05, 4.69) is 4.72 Å². The van der Waals surface area contributed by atoms with Crippen molar-refractivity contribution in [3.05, 3.63) is 28.8 Å². The molecule has 2 fully saturated rings. The third-order valence-corrected chi connectivity index (χ3v) is 6.59. The van der Waals surface area contributed by atoms with Crippen molar-refractivity contribution in [2.45, 2.75) is 23.5 Å². The van der Waals surface area contributed by atoms with Gasteiger partial charge in [-0.3, -0.25) is 0 Å². The number of carbonyl (C=O) groups is 1. The summed E-state index contributed by atoms with van der Waals surface area (Å²) in [6.07, 6.45) is 0.777. The van der Waals surface area contributed by atoms with Crippen LogP contribution in [0.25, 0.3) is 0 Å². The summed E-state index contributed by atoms with van der Waals surface area (Å²) < 4.78 is 38.8. The van der Waals surface area contributed by atoms with Crippen molar-refractivity contribution in [1.29, 1.82) is 0 Å². The molecule has 0 unspecified atom stereocenters. The molecule has 1 aromatic rings. The Morgan fingerprint density at radius 3 is 2.92 bits per heavy atom. The maximum Gasteiger partial charge on any atom is 0.335 e. The lowest BCUT2D eigenvalue weighted by Gasteiger charge is -2.47. The van der Waals surface area contributed by atoms with E-state index in [-0.39, 0.29) is 39.5 Å². The van der Waals surface area contributed by atoms with Crippen LogP contribution in [0.4, 0.5) is 0 Å². The summed E-state index contributed by atoms with van der Waals surface area (Å²) in [6, 6.07) is 3.29. The fourth-order valence-corrected chi connectivity index (χ4v) is 5.34. The molecule has 1 aromatic carbocycles. The van der Waals surface area contributed by atoms with Crippen LogP contribution in [-0.4, -0.2) is 52.0 Å². The zero-order valence-electron chi connectivity index (χ0n) is 12.9. The van der Waals surface area contributed by atoms with Gasteiger partial charge in [0.05, 0.1) is 23.3 Å². The van der Waals surface area contributed by atoms with E-state index in [1.807, 2.05) is 0 Å². The fraction of sp³-hybridized carbons (Fsp3) is 0.533. The highest BCUT2D eigenvalue weighted by atomic mass is 35.5. The molecular weight excluding hydrogens is 358 g/mol. The Bertz CT molecular complexity index is 752. The predicted octanol–water partition coefficient (Wildman–Crippen LogP) is 1.37. The molecule has 7 nitrogen and oxygen atoms in total. The molecule has 0 aromatic heterocycles. The van der Waals surface area contributed by atoms with Crippen molar-refractivity contribution in [1.82, 2.24) is 4.72 Å². The summed E-state index contributed by atoms with van der Waals surface area (Å²) in [6.45, 7) is 0.986. The molecule has 9 heteroatoms. The average molecular weight is 376 g/mol. The maximum absolute atomic E-state index is 12.7. The van der Waals surface area contributed by atoms with E-state index >= 15 is 0 Å². The summed E-state index contributed by atoms with van der Waals surface area (Å²) >= 11 is 5.98. The normalized spacial score (nSPS) is 29.1. The summed E-state index contributed by atoms with van der Waals surface area (Å²) in [5, 5.41) is 9.03. The Hall–Kier alpha value is -1.19. The lowest BCUT2D eigenvalue weighted by Crippen LogP contribution is -2.62. The number of hydrogen-bond donors (Lipinski definition) is 2. The van der Waals surface area contributed by atoms with Gasteiger partial charge in [0.15, 0.2) is 0 Å². The highest BCUT2D eigenvalue weighted by molar-refractivity contribution is 7.89. The molecule has 1 heterocycles. The first kappa shape index (κ1) is 17.6. The van der Waals surface area contributed by atoms with Gasteiger partial charge >= 0.3 is 5.97 Å². The quantitative estimate of drug-likeness (QED) is 0.778. The molecule has 1 saturated carbocycles. The van der Waals surface area contributed by atoms with E-state index in [1.54, 1.807) is 7.11 Å². The van der Waals surface area contributed by atoms with Gasteiger partial charge in [-0.1, -0.05) is 11.6 Å². The molecule has 1 aliphatic heterocycles. The number of carboxylic acid groups (broad SMARTS) is 1. The van der Waals surface area contributed by atoms with Gasteiger partial charge in [0.2, 0.25) is 10.0 Å². The van der Waals surface area contributed by atoms with Crippen molar-refractivity contribution in [2.24, 2.45) is 11.8 Å². The molecular formula is C15H18ClNO6S. The van der Waals surface area contributed by atoms with Crippen LogP contribution in [-0.2, 0) is 19.5 Å². The van der Waals surface area contributed by atoms with Crippen molar-refractivity contribution in [3.63, 3.8) is 0 Å². The number of rotatable bonds is 6. The van der Waals surface area contributed by atoms with Gasteiger partial charge < -0.3 is 14.6 Å². The third-order valence-electron chi connectivity index (χ3n) is 4.65. The molecule has 132 valence electrons. The second-order valence-electron chi connectivity index (χ2n) is 6.00. The van der Waals surface area contributed by atoms with Gasteiger partial charge in [-0.05, 0) is 24.6 Å². The summed E-state index contributed by atoms with van der Waals surface area (Å²) in [4.78, 5) is 10.8. The molecule has 0 amide bonds. The Morgan fingerprint density at radius 1 is 1.50 bits per heavy atom. The monoisotopic (exact) mass is 375 g/mol. The maximum atomic E-state index is 12.7. The number of benzene rings is 1. The lowest BCUT2D eigenvalue weighted by molar-refractivity contribution is -0.0775. The molecule has 2 N–H and O–H groups in total. The van der Waals surface area contributed by atoms with Crippen LogP contribution in [0, 0.1) is 11.8 Å². The van der Waals surface area contributed by atoms with Crippen molar-refractivity contribution >= 4 is 27.6 Å². The Labute approximate surface area is 145 Å². The Kier molecular flexibility index (Phi) is 4.85. The Morgan fingerprint density at radius 2 is 2.25 bits per heavy atom. The van der Waals surface area contributed by atoms with Crippen molar-refractivity contribution in [3.8, 4) is 0 Å². The van der Waals surface area contributed by atoms with Crippen LogP contribution < -0.4 is 4.72 Å². The number of methoxy groups -OCH3 is 1. The van der Waals surface area contributed by atoms with E-state index in [0.717, 1.165) is 12.5 Å². The molecule has 24 heavy (non-hydrogen) atoms. The van der Waals surface area contributed by atoms with Crippen LogP contribution in [0.15, 0.2) is 23.1 Å². The number of carboxylic acids is 1. The molecule has 0 bridgehead atoms. The first-order valence-corrected chi connectivity index (χ1v) is 9.37. The van der Waals surface area contributed by atoms with Crippen LogP contribution >= 0.6 is 11.6 Å². The van der Waals surface area contributed by atoms with Crippen LogP contribution in [0.5, 0.6) is 0 Å². The number of nitrogens with one attached hydrogen (secondary N) is 1. The highest BCUT2D eigenvalue weighted by Gasteiger charge is 2.55. The Balaban J connectivity index is 1.86. The summed E-state index contributed by atoms with van der Waals surface area (Å²) in [7, 11) is -2.40. The number of hydrogen-bond acceptors (Lipinski definition) is 5. The standard InChI is InChI=1S/C15H18ClNO6S/c1-22-7-10-13(9-4-5-23-14(9)10)17-24(20,21)12-6-8(15(18)19)2-3-11(12)16/h2-3,6,9-10,13-14,17H,4-5,7H2,1H3,(H,18,19)/t9-,10+,13+,14-/m0/s1. The van der Waals surface area contributed by atoms with Gasteiger partial charge in [0.1, 0.15) is 4.90 Å². The topological polar surface area (TPSA) is 102 Å². The minimum Gasteiger partial charge on any atom is -0.478 e. The molecule has 2 aliphatic rings. The fourth-order valence-electron chi connectivity index (χ4n) is 3.48. The predicted molar refractivity (Wildman–Crippen MR) is 85.7 cm³/mol. The largest absolute Gasteiger partial charge is 0.478 e. The van der Waals surface area contributed by atoms with E-state index in [0.29, 0.717) is 13.2 Å². The van der Waals surface area contributed by atoms with Crippen molar-refractivity contribution in [2.75, 3.05) is 20.3 Å². The zero-order chi connectivity index (χ0) is 17.5. The number of halogens is 1. The number of ether oxygens (including phenoxy) is 2. The number of fused-ring (bicyclic) bond motifs is 1. The molecule has 4 atom stereocenters. The minimum absolute atomic E-state index is 0.00141. The van der Waals surface area contributed by atoms with E-state index in [4.69, 9.17) is 26.2 Å². The highest BCUT2D eigenvalue weighted by Crippen LogP contribution is 2.44. The first-order chi connectivity index (χ1) is 11.3. The second kappa shape index (κ2) is 6.61. The first-order valence-electron chi connectivity index (χ1n) is 7.51. The van der Waals surface area contributed by atoms with Gasteiger partial charge in [-0.15, -0.1) is 0 Å². The zero-order valence-corrected chi connectivity index (χ0v) is 14.5. The van der Waals surface area contributed by atoms with Crippen LogP contribution in [0.3, 0.4) is 0 Å². The smallest absolute Gasteiger partial charge is 0.335 e. The van der Waals surface area contributed by atoms with Gasteiger partial charge in [0, 0.05) is 31.6 Å². The van der Waals surface area contributed by atoms with E-state index in [9.17, 15) is 13.2 Å². The average Bonchev–Trinajstić information content (AvgIpc) is 2.95. The number of sulfonamides is 1. The molecule has 1 saturated heterocycles. The van der Waals surface area contributed by atoms with Gasteiger partial charge in [-0.25, -0.2) is 17.9 Å². The second-order valence-corrected chi connectivity index (χ2v) is 8.09. The van der Waals surface area contributed by atoms with E-state index in [1.165, 1.54) is 12.1 Å². The number of aromatic carboxylic acids is 1. The summed E-state index contributed by atoms with van der Waals surface area (Å²) in [5.74, 6) is -1.19. The summed E-state index contributed by atoms with van der Waals surface area (Å²) in [5.41, 5.74) is -0.135. The SMILES string of the molecule is COC[C@@H]1[C@H](NS(=O)(=O)c2cc(C(=O)O)ccc2Cl)[C@@H]2CCO[C@H]12. The molecule has 0 radical (unpaired) electrons. The lowest BCUT2D eigenvalue weighted by atomic mass is 9.68. The minimum atomic E-state index is -3.95. The van der Waals surface area contributed by atoms with Crippen molar-refractivity contribution < 1.29 is 27.8 Å². The third kappa shape index (κ3) is 3.04. The molecule has 1 aliphatic carbocycles.